The zero-order valence-corrected chi connectivity index (χ0v) is 13.7. The number of benzene rings is 1. The van der Waals surface area contributed by atoms with Crippen molar-refractivity contribution in [2.45, 2.75) is 32.3 Å². The fraction of sp³-hybridized carbons (Fsp3) is 0.438. The van der Waals surface area contributed by atoms with Crippen molar-refractivity contribution in [1.29, 1.82) is 0 Å². The zero-order chi connectivity index (χ0) is 16.2. The van der Waals surface area contributed by atoms with Crippen molar-refractivity contribution in [3.05, 3.63) is 23.8 Å². The molecule has 0 unspecified atom stereocenters. The predicted molar refractivity (Wildman–Crippen MR) is 89.6 cm³/mol. The van der Waals surface area contributed by atoms with Gasteiger partial charge in [-0.25, -0.2) is 4.98 Å². The van der Waals surface area contributed by atoms with Crippen LogP contribution in [0.25, 0.3) is 10.2 Å². The number of carbonyl (C=O) groups is 2. The number of hydrogen-bond donors (Lipinski definition) is 2. The fourth-order valence-corrected chi connectivity index (χ4v) is 3.54. The summed E-state index contributed by atoms with van der Waals surface area (Å²) in [5.74, 6) is -0.149. The highest BCUT2D eigenvalue weighted by Gasteiger charge is 2.16. The molecule has 3 rings (SSSR count). The Morgan fingerprint density at radius 3 is 3.04 bits per heavy atom. The molecule has 2 aromatic rings. The number of ether oxygens (including phenoxy) is 1. The molecule has 6 nitrogen and oxygen atoms in total. The lowest BCUT2D eigenvalue weighted by molar-refractivity contribution is -0.121. The molecule has 122 valence electrons. The monoisotopic (exact) mass is 333 g/mol. The van der Waals surface area contributed by atoms with Gasteiger partial charge in [-0.2, -0.15) is 0 Å². The molecule has 7 heteroatoms. The molecule has 0 aliphatic carbocycles. The van der Waals surface area contributed by atoms with Crippen LogP contribution in [0.4, 0.5) is 5.13 Å². The molecule has 1 fully saturated rings. The Morgan fingerprint density at radius 1 is 1.43 bits per heavy atom. The molecule has 2 amide bonds. The van der Waals surface area contributed by atoms with Crippen LogP contribution in [-0.4, -0.2) is 36.1 Å². The lowest BCUT2D eigenvalue weighted by Crippen LogP contribution is -2.32. The van der Waals surface area contributed by atoms with E-state index in [2.05, 4.69) is 15.6 Å². The highest BCUT2D eigenvalue weighted by Crippen LogP contribution is 2.26. The van der Waals surface area contributed by atoms with Gasteiger partial charge in [0.1, 0.15) is 0 Å². The molecule has 0 spiro atoms. The predicted octanol–water partition coefficient (Wildman–Crippen LogP) is 2.09. The second-order valence-corrected chi connectivity index (χ2v) is 6.65. The molecule has 1 aliphatic rings. The van der Waals surface area contributed by atoms with Crippen LogP contribution in [-0.2, 0) is 20.7 Å². The zero-order valence-electron chi connectivity index (χ0n) is 12.9. The Labute approximate surface area is 138 Å². The van der Waals surface area contributed by atoms with Crippen LogP contribution in [0.3, 0.4) is 0 Å². The third-order valence-corrected chi connectivity index (χ3v) is 4.58. The summed E-state index contributed by atoms with van der Waals surface area (Å²) in [5, 5.41) is 6.18. The summed E-state index contributed by atoms with van der Waals surface area (Å²) in [6.45, 7) is 2.82. The Morgan fingerprint density at radius 2 is 2.30 bits per heavy atom. The van der Waals surface area contributed by atoms with Crippen molar-refractivity contribution < 1.29 is 14.3 Å². The summed E-state index contributed by atoms with van der Waals surface area (Å²) in [6, 6.07) is 5.72. The quantitative estimate of drug-likeness (QED) is 0.878. The molecule has 0 bridgehead atoms. The van der Waals surface area contributed by atoms with E-state index in [0.29, 0.717) is 18.1 Å². The van der Waals surface area contributed by atoms with Crippen molar-refractivity contribution in [2.24, 2.45) is 0 Å². The van der Waals surface area contributed by atoms with Crippen LogP contribution in [0, 0.1) is 0 Å². The highest BCUT2D eigenvalue weighted by atomic mass is 32.1. The number of rotatable bonds is 5. The van der Waals surface area contributed by atoms with Gasteiger partial charge in [-0.15, -0.1) is 0 Å². The number of aromatic nitrogens is 1. The number of carbonyl (C=O) groups excluding carboxylic acids is 2. The van der Waals surface area contributed by atoms with Crippen molar-refractivity contribution in [3.8, 4) is 0 Å². The van der Waals surface area contributed by atoms with E-state index in [9.17, 15) is 9.59 Å². The SMILES string of the molecule is CC(=O)Nc1nc2ccc(CC(=O)NC[C@@H]3CCCO3)cc2s1. The molecule has 1 aromatic heterocycles. The van der Waals surface area contributed by atoms with E-state index in [-0.39, 0.29) is 17.9 Å². The first-order valence-electron chi connectivity index (χ1n) is 7.65. The number of anilines is 1. The lowest BCUT2D eigenvalue weighted by atomic mass is 10.1. The van der Waals surface area contributed by atoms with Gasteiger partial charge in [-0.05, 0) is 30.5 Å². The largest absolute Gasteiger partial charge is 0.376 e. The summed E-state index contributed by atoms with van der Waals surface area (Å²) in [7, 11) is 0. The number of nitrogens with zero attached hydrogens (tertiary/aromatic N) is 1. The van der Waals surface area contributed by atoms with Crippen LogP contribution in [0.15, 0.2) is 18.2 Å². The minimum atomic E-state index is -0.141. The third-order valence-electron chi connectivity index (χ3n) is 3.65. The summed E-state index contributed by atoms with van der Waals surface area (Å²) in [6.07, 6.45) is 2.57. The van der Waals surface area contributed by atoms with Gasteiger partial charge in [-0.1, -0.05) is 17.4 Å². The summed E-state index contributed by atoms with van der Waals surface area (Å²) < 4.78 is 6.45. The number of thiazole rings is 1. The Hall–Kier alpha value is -1.99. The van der Waals surface area contributed by atoms with E-state index < -0.39 is 0 Å². The highest BCUT2D eigenvalue weighted by molar-refractivity contribution is 7.22. The average molecular weight is 333 g/mol. The number of nitrogens with one attached hydrogen (secondary N) is 2. The molecule has 2 heterocycles. The molecule has 0 radical (unpaired) electrons. The van der Waals surface area contributed by atoms with Crippen molar-refractivity contribution in [1.82, 2.24) is 10.3 Å². The molecular formula is C16H19N3O3S. The molecule has 2 N–H and O–H groups in total. The first-order chi connectivity index (χ1) is 11.1. The first kappa shape index (κ1) is 15.9. The summed E-state index contributed by atoms with van der Waals surface area (Å²) in [5.41, 5.74) is 1.75. The van der Waals surface area contributed by atoms with Gasteiger partial charge < -0.3 is 15.4 Å². The first-order valence-corrected chi connectivity index (χ1v) is 8.47. The van der Waals surface area contributed by atoms with E-state index in [1.807, 2.05) is 18.2 Å². The van der Waals surface area contributed by atoms with E-state index in [1.165, 1.54) is 18.3 Å². The van der Waals surface area contributed by atoms with Gasteiger partial charge in [0.25, 0.3) is 0 Å². The summed E-state index contributed by atoms with van der Waals surface area (Å²) in [4.78, 5) is 27.4. The normalized spacial score (nSPS) is 17.3. The molecule has 23 heavy (non-hydrogen) atoms. The molecule has 1 aromatic carbocycles. The Kier molecular flexibility index (Phi) is 4.88. The second kappa shape index (κ2) is 7.06. The van der Waals surface area contributed by atoms with Gasteiger partial charge in [0.05, 0.1) is 22.7 Å². The van der Waals surface area contributed by atoms with Gasteiger partial charge >= 0.3 is 0 Å². The summed E-state index contributed by atoms with van der Waals surface area (Å²) >= 11 is 1.41. The molecular weight excluding hydrogens is 314 g/mol. The van der Waals surface area contributed by atoms with Crippen molar-refractivity contribution in [2.75, 3.05) is 18.5 Å². The maximum absolute atomic E-state index is 12.0. The standard InChI is InChI=1S/C16H19N3O3S/c1-10(20)18-16-19-13-5-4-11(7-14(13)23-16)8-15(21)17-9-12-3-2-6-22-12/h4-5,7,12H,2-3,6,8-9H2,1H3,(H,17,21)(H,18,19,20)/t12-/m0/s1. The van der Waals surface area contributed by atoms with E-state index in [4.69, 9.17) is 4.74 Å². The third kappa shape index (κ3) is 4.27. The number of fused-ring (bicyclic) bond motifs is 1. The Balaban J connectivity index is 1.60. The van der Waals surface area contributed by atoms with Gasteiger partial charge in [0, 0.05) is 20.1 Å². The van der Waals surface area contributed by atoms with E-state index >= 15 is 0 Å². The second-order valence-electron chi connectivity index (χ2n) is 5.62. The lowest BCUT2D eigenvalue weighted by Gasteiger charge is -2.10. The van der Waals surface area contributed by atoms with Crippen LogP contribution in [0.1, 0.15) is 25.3 Å². The molecule has 1 saturated heterocycles. The van der Waals surface area contributed by atoms with Crippen molar-refractivity contribution >= 4 is 38.5 Å². The van der Waals surface area contributed by atoms with Gasteiger partial charge in [-0.3, -0.25) is 9.59 Å². The maximum Gasteiger partial charge on any atom is 0.224 e. The molecule has 1 aliphatic heterocycles. The van der Waals surface area contributed by atoms with Crippen LogP contribution in [0.5, 0.6) is 0 Å². The number of amides is 2. The van der Waals surface area contributed by atoms with Crippen LogP contribution >= 0.6 is 11.3 Å². The molecule has 1 atom stereocenters. The topological polar surface area (TPSA) is 80.3 Å². The van der Waals surface area contributed by atoms with Gasteiger partial charge in [0.15, 0.2) is 5.13 Å². The minimum absolute atomic E-state index is 0.00792. The van der Waals surface area contributed by atoms with Crippen molar-refractivity contribution in [3.63, 3.8) is 0 Å². The molecule has 0 saturated carbocycles. The maximum atomic E-state index is 12.0. The average Bonchev–Trinajstić information content (AvgIpc) is 3.12. The van der Waals surface area contributed by atoms with E-state index in [0.717, 1.165) is 35.2 Å². The number of hydrogen-bond acceptors (Lipinski definition) is 5. The minimum Gasteiger partial charge on any atom is -0.376 e. The van der Waals surface area contributed by atoms with E-state index in [1.54, 1.807) is 0 Å². The Bertz CT molecular complexity index is 722. The smallest absolute Gasteiger partial charge is 0.224 e. The van der Waals surface area contributed by atoms with Gasteiger partial charge in [0.2, 0.25) is 11.8 Å². The fourth-order valence-electron chi connectivity index (χ4n) is 2.56. The van der Waals surface area contributed by atoms with Crippen LogP contribution in [0.2, 0.25) is 0 Å². The van der Waals surface area contributed by atoms with Crippen LogP contribution < -0.4 is 10.6 Å².